The Morgan fingerprint density at radius 1 is 1.00 bits per heavy atom. The second-order valence-electron chi connectivity index (χ2n) is 8.33. The molecule has 36 heavy (non-hydrogen) atoms. The SMILES string of the molecule is CC(=O)c1ccc(NC(=O)[C@H](C)Sc2nnc(-c3ccccc3)n2Cc2ccc3c(c2)OCO3)cc1. The standard InChI is InChI=1S/C27H24N4O4S/c1-17(32)20-9-11-22(12-10-20)28-26(33)18(2)36-27-30-29-25(21-6-4-3-5-7-21)31(27)15-19-8-13-23-24(14-19)35-16-34-23/h3-14,18H,15-16H2,1-2H3,(H,28,33)/t18-/m0/s1. The molecule has 1 aliphatic heterocycles. The van der Waals surface area contributed by atoms with E-state index in [4.69, 9.17) is 9.47 Å². The Bertz CT molecular complexity index is 1400. The monoisotopic (exact) mass is 500 g/mol. The largest absolute Gasteiger partial charge is 0.454 e. The zero-order valence-electron chi connectivity index (χ0n) is 19.8. The number of ketones is 1. The normalized spacial score (nSPS) is 12.8. The van der Waals surface area contributed by atoms with E-state index in [9.17, 15) is 9.59 Å². The molecule has 0 unspecified atom stereocenters. The van der Waals surface area contributed by atoms with Crippen molar-refractivity contribution in [3.05, 3.63) is 83.9 Å². The fourth-order valence-corrected chi connectivity index (χ4v) is 4.63. The Morgan fingerprint density at radius 2 is 1.75 bits per heavy atom. The average Bonchev–Trinajstić information content (AvgIpc) is 3.51. The topological polar surface area (TPSA) is 95.3 Å². The molecule has 0 radical (unpaired) electrons. The number of anilines is 1. The molecular weight excluding hydrogens is 476 g/mol. The van der Waals surface area contributed by atoms with E-state index in [2.05, 4.69) is 15.5 Å². The van der Waals surface area contributed by atoms with Crippen molar-refractivity contribution >= 4 is 29.1 Å². The summed E-state index contributed by atoms with van der Waals surface area (Å²) in [5.74, 6) is 1.95. The summed E-state index contributed by atoms with van der Waals surface area (Å²) in [6.07, 6.45) is 0. The van der Waals surface area contributed by atoms with E-state index in [1.807, 2.05) is 60.0 Å². The van der Waals surface area contributed by atoms with Gasteiger partial charge in [-0.3, -0.25) is 14.2 Å². The first-order valence-electron chi connectivity index (χ1n) is 11.4. The lowest BCUT2D eigenvalue weighted by Gasteiger charge is -2.14. The van der Waals surface area contributed by atoms with Crippen LogP contribution in [-0.4, -0.2) is 38.5 Å². The predicted octanol–water partition coefficient (Wildman–Crippen LogP) is 5.04. The summed E-state index contributed by atoms with van der Waals surface area (Å²) in [6.45, 7) is 4.05. The molecule has 0 saturated heterocycles. The minimum Gasteiger partial charge on any atom is -0.454 e. The molecule has 0 bridgehead atoms. The Hall–Kier alpha value is -4.11. The third-order valence-electron chi connectivity index (χ3n) is 5.74. The maximum Gasteiger partial charge on any atom is 0.237 e. The van der Waals surface area contributed by atoms with Crippen LogP contribution in [-0.2, 0) is 11.3 Å². The second kappa shape index (κ2) is 10.2. The molecule has 9 heteroatoms. The van der Waals surface area contributed by atoms with Crippen molar-refractivity contribution < 1.29 is 19.1 Å². The molecular formula is C27H24N4O4S. The van der Waals surface area contributed by atoms with Crippen LogP contribution in [0.25, 0.3) is 11.4 Å². The third kappa shape index (κ3) is 5.11. The fraction of sp³-hybridized carbons (Fsp3) is 0.185. The van der Waals surface area contributed by atoms with Gasteiger partial charge in [-0.1, -0.05) is 48.2 Å². The molecule has 1 aliphatic rings. The van der Waals surface area contributed by atoms with Crippen LogP contribution in [0, 0.1) is 0 Å². The van der Waals surface area contributed by atoms with Crippen molar-refractivity contribution in [1.82, 2.24) is 14.8 Å². The quantitative estimate of drug-likeness (QED) is 0.267. The molecule has 182 valence electrons. The van der Waals surface area contributed by atoms with Gasteiger partial charge in [0.2, 0.25) is 12.7 Å². The van der Waals surface area contributed by atoms with Crippen LogP contribution in [0.1, 0.15) is 29.8 Å². The highest BCUT2D eigenvalue weighted by Crippen LogP contribution is 2.34. The molecule has 1 amide bonds. The number of thioether (sulfide) groups is 1. The molecule has 1 atom stereocenters. The smallest absolute Gasteiger partial charge is 0.237 e. The van der Waals surface area contributed by atoms with Crippen LogP contribution in [0.5, 0.6) is 11.5 Å². The fourth-order valence-electron chi connectivity index (χ4n) is 3.78. The van der Waals surface area contributed by atoms with E-state index >= 15 is 0 Å². The van der Waals surface area contributed by atoms with Gasteiger partial charge >= 0.3 is 0 Å². The average molecular weight is 501 g/mol. The molecule has 2 heterocycles. The summed E-state index contributed by atoms with van der Waals surface area (Å²) in [7, 11) is 0. The van der Waals surface area contributed by atoms with Gasteiger partial charge < -0.3 is 14.8 Å². The van der Waals surface area contributed by atoms with Crippen molar-refractivity contribution in [1.29, 1.82) is 0 Å². The molecule has 1 aromatic heterocycles. The predicted molar refractivity (Wildman–Crippen MR) is 138 cm³/mol. The Balaban J connectivity index is 1.37. The molecule has 4 aromatic rings. The van der Waals surface area contributed by atoms with E-state index in [-0.39, 0.29) is 18.5 Å². The van der Waals surface area contributed by atoms with Crippen molar-refractivity contribution in [2.45, 2.75) is 30.8 Å². The van der Waals surface area contributed by atoms with E-state index in [0.29, 0.717) is 34.5 Å². The summed E-state index contributed by atoms with van der Waals surface area (Å²) < 4.78 is 13.0. The number of fused-ring (bicyclic) bond motifs is 1. The zero-order chi connectivity index (χ0) is 25.1. The minimum atomic E-state index is -0.444. The van der Waals surface area contributed by atoms with Crippen LogP contribution < -0.4 is 14.8 Å². The maximum atomic E-state index is 12.9. The number of carbonyl (C=O) groups excluding carboxylic acids is 2. The van der Waals surface area contributed by atoms with Crippen molar-refractivity contribution in [3.63, 3.8) is 0 Å². The Morgan fingerprint density at radius 3 is 2.50 bits per heavy atom. The minimum absolute atomic E-state index is 0.0205. The molecule has 0 spiro atoms. The van der Waals surface area contributed by atoms with Crippen LogP contribution in [0.2, 0.25) is 0 Å². The van der Waals surface area contributed by atoms with E-state index in [0.717, 1.165) is 16.9 Å². The number of nitrogens with one attached hydrogen (secondary N) is 1. The maximum absolute atomic E-state index is 12.9. The highest BCUT2D eigenvalue weighted by atomic mass is 32.2. The summed E-state index contributed by atoms with van der Waals surface area (Å²) in [6, 6.07) is 22.5. The van der Waals surface area contributed by atoms with Gasteiger partial charge in [0.15, 0.2) is 28.3 Å². The number of ether oxygens (including phenoxy) is 2. The molecule has 1 N–H and O–H groups in total. The van der Waals surface area contributed by atoms with Gasteiger partial charge in [0.25, 0.3) is 0 Å². The van der Waals surface area contributed by atoms with E-state index < -0.39 is 5.25 Å². The first-order valence-corrected chi connectivity index (χ1v) is 12.3. The Kier molecular flexibility index (Phi) is 6.73. The lowest BCUT2D eigenvalue weighted by atomic mass is 10.1. The van der Waals surface area contributed by atoms with Crippen LogP contribution in [0.4, 0.5) is 5.69 Å². The van der Waals surface area contributed by atoms with Crippen molar-refractivity contribution in [2.75, 3.05) is 12.1 Å². The number of hydrogen-bond acceptors (Lipinski definition) is 7. The van der Waals surface area contributed by atoms with E-state index in [1.54, 1.807) is 24.3 Å². The lowest BCUT2D eigenvalue weighted by molar-refractivity contribution is -0.115. The number of benzene rings is 3. The second-order valence-corrected chi connectivity index (χ2v) is 9.64. The lowest BCUT2D eigenvalue weighted by Crippen LogP contribution is -2.23. The first-order chi connectivity index (χ1) is 17.5. The Labute approximate surface area is 212 Å². The summed E-state index contributed by atoms with van der Waals surface area (Å²) in [5.41, 5.74) is 3.16. The highest BCUT2D eigenvalue weighted by Gasteiger charge is 2.22. The summed E-state index contributed by atoms with van der Waals surface area (Å²) in [4.78, 5) is 24.4. The van der Waals surface area contributed by atoms with Crippen LogP contribution >= 0.6 is 11.8 Å². The van der Waals surface area contributed by atoms with Gasteiger partial charge in [-0.05, 0) is 55.8 Å². The van der Waals surface area contributed by atoms with Crippen LogP contribution in [0.3, 0.4) is 0 Å². The zero-order valence-corrected chi connectivity index (χ0v) is 20.6. The number of rotatable bonds is 8. The van der Waals surface area contributed by atoms with E-state index in [1.165, 1.54) is 18.7 Å². The van der Waals surface area contributed by atoms with Crippen molar-refractivity contribution in [2.24, 2.45) is 0 Å². The number of Topliss-reactive ketones (excluding diaryl/α,β-unsaturated/α-hetero) is 1. The van der Waals surface area contributed by atoms with Gasteiger partial charge in [0.1, 0.15) is 0 Å². The number of hydrogen-bond donors (Lipinski definition) is 1. The number of nitrogens with zero attached hydrogens (tertiary/aromatic N) is 3. The summed E-state index contributed by atoms with van der Waals surface area (Å²) >= 11 is 1.33. The highest BCUT2D eigenvalue weighted by molar-refractivity contribution is 8.00. The van der Waals surface area contributed by atoms with Gasteiger partial charge in [-0.25, -0.2) is 0 Å². The van der Waals surface area contributed by atoms with Crippen LogP contribution in [0.15, 0.2) is 78.0 Å². The molecule has 0 aliphatic carbocycles. The number of amides is 1. The van der Waals surface area contributed by atoms with Gasteiger partial charge in [0, 0.05) is 16.8 Å². The van der Waals surface area contributed by atoms with Gasteiger partial charge in [-0.2, -0.15) is 0 Å². The molecule has 0 fully saturated rings. The first kappa shape index (κ1) is 23.6. The molecule has 8 nitrogen and oxygen atoms in total. The third-order valence-corrected chi connectivity index (χ3v) is 6.82. The summed E-state index contributed by atoms with van der Waals surface area (Å²) in [5, 5.41) is 12.0. The molecule has 5 rings (SSSR count). The van der Waals surface area contributed by atoms with Gasteiger partial charge in [-0.15, -0.1) is 10.2 Å². The number of aromatic nitrogens is 3. The van der Waals surface area contributed by atoms with Crippen molar-refractivity contribution in [3.8, 4) is 22.9 Å². The molecule has 0 saturated carbocycles. The number of carbonyl (C=O) groups is 2. The molecule has 3 aromatic carbocycles. The van der Waals surface area contributed by atoms with Gasteiger partial charge in [0.05, 0.1) is 11.8 Å².